The van der Waals surface area contributed by atoms with E-state index in [-0.39, 0.29) is 18.2 Å². The molecule has 0 saturated heterocycles. The summed E-state index contributed by atoms with van der Waals surface area (Å²) in [6.07, 6.45) is 2.33. The number of aliphatic hydroxyl groups excluding tert-OH is 1. The average molecular weight is 278 g/mol. The molecule has 0 bridgehead atoms. The van der Waals surface area contributed by atoms with Crippen LogP contribution in [0, 0.1) is 5.82 Å². The Morgan fingerprint density at radius 2 is 2.15 bits per heavy atom. The van der Waals surface area contributed by atoms with Crippen LogP contribution in [-0.4, -0.2) is 21.3 Å². The molecule has 2 aromatic rings. The number of benzene rings is 1. The molecule has 1 heterocycles. The van der Waals surface area contributed by atoms with Gasteiger partial charge in [0.2, 0.25) is 0 Å². The van der Waals surface area contributed by atoms with Crippen molar-refractivity contribution in [2.45, 2.75) is 32.6 Å². The van der Waals surface area contributed by atoms with Crippen molar-refractivity contribution in [3.05, 3.63) is 53.9 Å². The Hall–Kier alpha value is -1.72. The van der Waals surface area contributed by atoms with E-state index in [0.717, 1.165) is 5.82 Å². The monoisotopic (exact) mass is 278 g/mol. The zero-order valence-corrected chi connectivity index (χ0v) is 11.7. The summed E-state index contributed by atoms with van der Waals surface area (Å²) in [4.78, 5) is 4.24. The van der Waals surface area contributed by atoms with Gasteiger partial charge in [-0.2, -0.15) is 0 Å². The van der Waals surface area contributed by atoms with Gasteiger partial charge in [0.15, 0.2) is 0 Å². The normalized spacial score (nSPS) is 14.2. The maximum atomic E-state index is 13.6. The fraction of sp³-hybridized carbons (Fsp3) is 0.400. The molecule has 0 unspecified atom stereocenters. The first-order valence-corrected chi connectivity index (χ1v) is 6.68. The second-order valence-electron chi connectivity index (χ2n) is 4.57. The summed E-state index contributed by atoms with van der Waals surface area (Å²) in [6.45, 7) is 4.65. The average Bonchev–Trinajstić information content (AvgIpc) is 2.87. The molecule has 108 valence electrons. The lowest BCUT2D eigenvalue weighted by atomic mass is 10.1. The largest absolute Gasteiger partial charge is 0.386 e. The molecule has 4 nitrogen and oxygen atoms in total. The minimum Gasteiger partial charge on any atom is -0.386 e. The van der Waals surface area contributed by atoms with Gasteiger partial charge in [-0.1, -0.05) is 18.2 Å². The van der Waals surface area contributed by atoms with Crippen molar-refractivity contribution in [1.29, 1.82) is 0 Å². The van der Waals surface area contributed by atoms with E-state index in [1.807, 2.05) is 13.8 Å². The van der Waals surface area contributed by atoms with E-state index in [4.69, 9.17) is 4.74 Å². The molecule has 2 rings (SSSR count). The molecule has 0 radical (unpaired) electrons. The summed E-state index contributed by atoms with van der Waals surface area (Å²) in [5.74, 6) is 0.321. The van der Waals surface area contributed by atoms with Gasteiger partial charge >= 0.3 is 0 Å². The Kier molecular flexibility index (Phi) is 4.87. The number of ether oxygens (including phenoxy) is 1. The number of halogens is 1. The minimum absolute atomic E-state index is 0.164. The van der Waals surface area contributed by atoms with Crippen LogP contribution in [0.1, 0.15) is 37.4 Å². The van der Waals surface area contributed by atoms with E-state index >= 15 is 0 Å². The molecule has 1 N–H and O–H groups in total. The lowest BCUT2D eigenvalue weighted by Crippen LogP contribution is -2.15. The van der Waals surface area contributed by atoms with Crippen molar-refractivity contribution < 1.29 is 14.2 Å². The third kappa shape index (κ3) is 3.23. The van der Waals surface area contributed by atoms with Gasteiger partial charge in [-0.15, -0.1) is 0 Å². The minimum atomic E-state index is -0.919. The number of aromatic nitrogens is 2. The van der Waals surface area contributed by atoms with Crippen LogP contribution in [0.3, 0.4) is 0 Å². The van der Waals surface area contributed by atoms with E-state index in [1.165, 1.54) is 6.07 Å². The first-order chi connectivity index (χ1) is 9.63. The smallest absolute Gasteiger partial charge is 0.137 e. The fourth-order valence-corrected chi connectivity index (χ4v) is 2.19. The van der Waals surface area contributed by atoms with Crippen LogP contribution in [0.15, 0.2) is 36.7 Å². The predicted octanol–water partition coefficient (Wildman–Crippen LogP) is 2.85. The standard InChI is InChI=1S/C15H19FN2O2/c1-3-20-11(2)15-17-8-9-18(15)10-14(19)12-6-4-5-7-13(12)16/h4-9,11,14,19H,3,10H2,1-2H3/t11-,14+/m0/s1. The van der Waals surface area contributed by atoms with E-state index in [0.29, 0.717) is 6.61 Å². The Bertz CT molecular complexity index is 556. The number of hydrogen-bond acceptors (Lipinski definition) is 3. The molecule has 2 atom stereocenters. The molecule has 0 spiro atoms. The van der Waals surface area contributed by atoms with Crippen molar-refractivity contribution in [3.63, 3.8) is 0 Å². The number of aliphatic hydroxyl groups is 1. The summed E-state index contributed by atoms with van der Waals surface area (Å²) in [5, 5.41) is 10.2. The highest BCUT2D eigenvalue weighted by molar-refractivity contribution is 5.19. The van der Waals surface area contributed by atoms with Gasteiger partial charge in [0.1, 0.15) is 17.7 Å². The highest BCUT2D eigenvalue weighted by Gasteiger charge is 2.17. The topological polar surface area (TPSA) is 47.3 Å². The van der Waals surface area contributed by atoms with Gasteiger partial charge in [-0.25, -0.2) is 9.37 Å². The van der Waals surface area contributed by atoms with Crippen molar-refractivity contribution in [3.8, 4) is 0 Å². The lowest BCUT2D eigenvalue weighted by molar-refractivity contribution is 0.0642. The molecule has 0 saturated carbocycles. The van der Waals surface area contributed by atoms with Crippen LogP contribution in [0.5, 0.6) is 0 Å². The molecular formula is C15H19FN2O2. The molecule has 1 aromatic heterocycles. The number of rotatable bonds is 6. The first kappa shape index (κ1) is 14.7. The van der Waals surface area contributed by atoms with Crippen LogP contribution < -0.4 is 0 Å². The first-order valence-electron chi connectivity index (χ1n) is 6.68. The van der Waals surface area contributed by atoms with Gasteiger partial charge in [0.05, 0.1) is 12.6 Å². The van der Waals surface area contributed by atoms with E-state index in [9.17, 15) is 9.50 Å². The van der Waals surface area contributed by atoms with Gasteiger partial charge in [-0.3, -0.25) is 0 Å². The Labute approximate surface area is 117 Å². The summed E-state index contributed by atoms with van der Waals surface area (Å²) in [6, 6.07) is 6.24. The Morgan fingerprint density at radius 3 is 2.85 bits per heavy atom. The zero-order chi connectivity index (χ0) is 14.5. The number of hydrogen-bond donors (Lipinski definition) is 1. The lowest BCUT2D eigenvalue weighted by Gasteiger charge is -2.17. The Morgan fingerprint density at radius 1 is 1.40 bits per heavy atom. The highest BCUT2D eigenvalue weighted by Crippen LogP contribution is 2.21. The highest BCUT2D eigenvalue weighted by atomic mass is 19.1. The van der Waals surface area contributed by atoms with E-state index < -0.39 is 11.9 Å². The van der Waals surface area contributed by atoms with Crippen molar-refractivity contribution >= 4 is 0 Å². The summed E-state index contributed by atoms with van der Waals surface area (Å²) < 4.78 is 20.9. The van der Waals surface area contributed by atoms with Crippen LogP contribution >= 0.6 is 0 Å². The summed E-state index contributed by atoms with van der Waals surface area (Å²) >= 11 is 0. The number of imidazole rings is 1. The van der Waals surface area contributed by atoms with Crippen LogP contribution in [0.2, 0.25) is 0 Å². The predicted molar refractivity (Wildman–Crippen MR) is 73.6 cm³/mol. The van der Waals surface area contributed by atoms with Crippen molar-refractivity contribution in [2.75, 3.05) is 6.61 Å². The van der Waals surface area contributed by atoms with Gasteiger partial charge < -0.3 is 14.4 Å². The van der Waals surface area contributed by atoms with Crippen LogP contribution in [0.25, 0.3) is 0 Å². The molecule has 0 fully saturated rings. The second-order valence-corrected chi connectivity index (χ2v) is 4.57. The van der Waals surface area contributed by atoms with E-state index in [1.54, 1.807) is 35.2 Å². The molecule has 0 aliphatic rings. The molecule has 1 aromatic carbocycles. The number of nitrogens with zero attached hydrogens (tertiary/aromatic N) is 2. The van der Waals surface area contributed by atoms with Crippen molar-refractivity contribution in [1.82, 2.24) is 9.55 Å². The van der Waals surface area contributed by atoms with Gasteiger partial charge in [-0.05, 0) is 19.9 Å². The zero-order valence-electron chi connectivity index (χ0n) is 11.7. The molecule has 20 heavy (non-hydrogen) atoms. The quantitative estimate of drug-likeness (QED) is 0.884. The summed E-state index contributed by atoms with van der Waals surface area (Å²) in [5.41, 5.74) is 0.288. The molecule has 5 heteroatoms. The maximum Gasteiger partial charge on any atom is 0.137 e. The van der Waals surface area contributed by atoms with Gasteiger partial charge in [0, 0.05) is 24.6 Å². The van der Waals surface area contributed by atoms with Crippen molar-refractivity contribution in [2.24, 2.45) is 0 Å². The fourth-order valence-electron chi connectivity index (χ4n) is 2.19. The second kappa shape index (κ2) is 6.63. The molecule has 0 aliphatic heterocycles. The third-order valence-corrected chi connectivity index (χ3v) is 3.16. The summed E-state index contributed by atoms with van der Waals surface area (Å²) in [7, 11) is 0. The van der Waals surface area contributed by atoms with Gasteiger partial charge in [0.25, 0.3) is 0 Å². The SMILES string of the molecule is CCO[C@@H](C)c1nccn1C[C@@H](O)c1ccccc1F. The Balaban J connectivity index is 2.15. The molecular weight excluding hydrogens is 259 g/mol. The van der Waals surface area contributed by atoms with Crippen LogP contribution in [-0.2, 0) is 11.3 Å². The van der Waals surface area contributed by atoms with E-state index in [2.05, 4.69) is 4.98 Å². The molecule has 0 aliphatic carbocycles. The maximum absolute atomic E-state index is 13.6. The van der Waals surface area contributed by atoms with Crippen LogP contribution in [0.4, 0.5) is 4.39 Å². The third-order valence-electron chi connectivity index (χ3n) is 3.16. The molecule has 0 amide bonds.